The van der Waals surface area contributed by atoms with Crippen LogP contribution in [-0.4, -0.2) is 60.5 Å². The fraction of sp³-hybridized carbons (Fsp3) is 0.600. The predicted octanol–water partition coefficient (Wildman–Crippen LogP) is 2.72. The van der Waals surface area contributed by atoms with Gasteiger partial charge in [0, 0.05) is 42.8 Å². The van der Waals surface area contributed by atoms with Gasteiger partial charge in [0.1, 0.15) is 0 Å². The van der Waals surface area contributed by atoms with Gasteiger partial charge in [-0.05, 0) is 56.0 Å². The Morgan fingerprint density at radius 2 is 1.67 bits per heavy atom. The summed E-state index contributed by atoms with van der Waals surface area (Å²) in [4.78, 5) is 29.1. The van der Waals surface area contributed by atoms with E-state index < -0.39 is 0 Å². The van der Waals surface area contributed by atoms with Gasteiger partial charge < -0.3 is 20.9 Å². The lowest BCUT2D eigenvalue weighted by atomic mass is 9.84. The first-order valence-electron chi connectivity index (χ1n) is 9.89. The molecule has 2 unspecified atom stereocenters. The average Bonchev–Trinajstić information content (AvgIpc) is 2.95. The summed E-state index contributed by atoms with van der Waals surface area (Å²) >= 11 is 5.90. The first-order valence-corrected chi connectivity index (χ1v) is 10.3. The number of benzene rings is 1. The molecule has 27 heavy (non-hydrogen) atoms. The number of carbonyl (C=O) groups excluding carboxylic acids is 2. The fourth-order valence-electron chi connectivity index (χ4n) is 4.03. The van der Waals surface area contributed by atoms with E-state index in [9.17, 15) is 9.59 Å². The summed E-state index contributed by atoms with van der Waals surface area (Å²) in [6.07, 6.45) is 5.20. The van der Waals surface area contributed by atoms with Crippen molar-refractivity contribution in [3.63, 3.8) is 0 Å². The van der Waals surface area contributed by atoms with Crippen LogP contribution in [0.4, 0.5) is 4.79 Å². The number of hydrogen-bond acceptors (Lipinski definition) is 3. The molecule has 1 aromatic carbocycles. The van der Waals surface area contributed by atoms with Crippen molar-refractivity contribution >= 4 is 23.5 Å². The predicted molar refractivity (Wildman–Crippen MR) is 107 cm³/mol. The Morgan fingerprint density at radius 3 is 2.41 bits per heavy atom. The number of nitrogens with one attached hydrogen (secondary N) is 1. The zero-order chi connectivity index (χ0) is 19.2. The van der Waals surface area contributed by atoms with Crippen LogP contribution in [0.15, 0.2) is 24.3 Å². The fourth-order valence-corrected chi connectivity index (χ4v) is 4.15. The number of hydrogen-bond donors (Lipinski definition) is 2. The van der Waals surface area contributed by atoms with Crippen LogP contribution in [0.25, 0.3) is 0 Å². The van der Waals surface area contributed by atoms with E-state index in [4.69, 9.17) is 17.3 Å². The molecule has 1 saturated heterocycles. The molecular weight excluding hydrogens is 364 g/mol. The zero-order valence-corrected chi connectivity index (χ0v) is 16.5. The van der Waals surface area contributed by atoms with Crippen molar-refractivity contribution in [2.24, 2.45) is 11.7 Å². The number of amides is 3. The van der Waals surface area contributed by atoms with E-state index in [1.807, 2.05) is 9.80 Å². The third kappa shape index (κ3) is 5.14. The summed E-state index contributed by atoms with van der Waals surface area (Å²) in [7, 11) is 0. The van der Waals surface area contributed by atoms with Crippen molar-refractivity contribution in [2.75, 3.05) is 32.7 Å². The van der Waals surface area contributed by atoms with E-state index in [1.54, 1.807) is 24.3 Å². The van der Waals surface area contributed by atoms with Gasteiger partial charge in [-0.3, -0.25) is 4.79 Å². The Hall–Kier alpha value is -1.79. The number of carbonyl (C=O) groups is 2. The average molecular weight is 393 g/mol. The van der Waals surface area contributed by atoms with E-state index in [0.717, 1.165) is 25.7 Å². The van der Waals surface area contributed by atoms with Crippen LogP contribution in [-0.2, 0) is 0 Å². The molecule has 3 amide bonds. The van der Waals surface area contributed by atoms with Crippen molar-refractivity contribution in [3.05, 3.63) is 34.9 Å². The van der Waals surface area contributed by atoms with Gasteiger partial charge in [0.25, 0.3) is 5.91 Å². The minimum absolute atomic E-state index is 0.00981. The quantitative estimate of drug-likeness (QED) is 0.830. The first-order chi connectivity index (χ1) is 13.1. The highest BCUT2D eigenvalue weighted by Gasteiger charge is 2.28. The smallest absolute Gasteiger partial charge is 0.317 e. The Balaban J connectivity index is 1.55. The van der Waals surface area contributed by atoms with Crippen LogP contribution in [0.5, 0.6) is 0 Å². The van der Waals surface area contributed by atoms with Crippen molar-refractivity contribution in [2.45, 2.75) is 38.1 Å². The molecule has 6 nitrogen and oxygen atoms in total. The lowest BCUT2D eigenvalue weighted by Crippen LogP contribution is -2.50. The Kier molecular flexibility index (Phi) is 6.96. The zero-order valence-electron chi connectivity index (χ0n) is 15.7. The molecule has 0 aromatic heterocycles. The van der Waals surface area contributed by atoms with Crippen LogP contribution in [0.3, 0.4) is 0 Å². The molecule has 2 fully saturated rings. The second-order valence-corrected chi connectivity index (χ2v) is 7.91. The Morgan fingerprint density at radius 1 is 1.00 bits per heavy atom. The molecule has 3 rings (SSSR count). The summed E-state index contributed by atoms with van der Waals surface area (Å²) in [6, 6.07) is 7.09. The minimum Gasteiger partial charge on any atom is -0.337 e. The number of halogens is 1. The molecule has 7 heteroatoms. The van der Waals surface area contributed by atoms with Gasteiger partial charge in [0.2, 0.25) is 0 Å². The maximum absolute atomic E-state index is 12.7. The van der Waals surface area contributed by atoms with Gasteiger partial charge >= 0.3 is 6.03 Å². The third-order valence-electron chi connectivity index (χ3n) is 5.68. The molecule has 0 radical (unpaired) electrons. The van der Waals surface area contributed by atoms with E-state index in [-0.39, 0.29) is 18.0 Å². The molecule has 1 heterocycles. The SMILES string of the molecule is NCC1CCCCC1NC(=O)N1CCCN(C(=O)c2ccc(Cl)cc2)CC1. The van der Waals surface area contributed by atoms with Crippen LogP contribution in [0.1, 0.15) is 42.5 Å². The van der Waals surface area contributed by atoms with Gasteiger partial charge in [0.15, 0.2) is 0 Å². The summed E-state index contributed by atoms with van der Waals surface area (Å²) in [5.41, 5.74) is 6.50. The lowest BCUT2D eigenvalue weighted by Gasteiger charge is -2.33. The van der Waals surface area contributed by atoms with E-state index in [2.05, 4.69) is 5.32 Å². The molecule has 0 bridgehead atoms. The first kappa shape index (κ1) is 20.0. The van der Waals surface area contributed by atoms with Gasteiger partial charge in [0.05, 0.1) is 0 Å². The summed E-state index contributed by atoms with van der Waals surface area (Å²) < 4.78 is 0. The second-order valence-electron chi connectivity index (χ2n) is 7.48. The summed E-state index contributed by atoms with van der Waals surface area (Å²) in [5, 5.41) is 3.80. The standard InChI is InChI=1S/C20H29ClN4O2/c21-17-8-6-15(7-9-17)19(26)24-10-3-11-25(13-12-24)20(27)23-18-5-2-1-4-16(18)14-22/h6-9,16,18H,1-5,10-14,22H2,(H,23,27). The summed E-state index contributed by atoms with van der Waals surface area (Å²) in [6.45, 7) is 3.02. The summed E-state index contributed by atoms with van der Waals surface area (Å²) in [5.74, 6) is 0.363. The second kappa shape index (κ2) is 9.42. The maximum Gasteiger partial charge on any atom is 0.317 e. The van der Waals surface area contributed by atoms with Crippen molar-refractivity contribution < 1.29 is 9.59 Å². The van der Waals surface area contributed by atoms with Crippen LogP contribution in [0, 0.1) is 5.92 Å². The van der Waals surface area contributed by atoms with Crippen LogP contribution in [0.2, 0.25) is 5.02 Å². The normalized spacial score (nSPS) is 23.6. The topological polar surface area (TPSA) is 78.7 Å². The molecular formula is C20H29ClN4O2. The van der Waals surface area contributed by atoms with E-state index >= 15 is 0 Å². The molecule has 1 aliphatic heterocycles. The van der Waals surface area contributed by atoms with Gasteiger partial charge in [-0.1, -0.05) is 24.4 Å². The Bertz CT molecular complexity index is 652. The molecule has 2 aliphatic rings. The highest BCUT2D eigenvalue weighted by Crippen LogP contribution is 2.23. The monoisotopic (exact) mass is 392 g/mol. The van der Waals surface area contributed by atoms with Crippen molar-refractivity contribution in [3.8, 4) is 0 Å². The van der Waals surface area contributed by atoms with Gasteiger partial charge in [-0.15, -0.1) is 0 Å². The van der Waals surface area contributed by atoms with Crippen molar-refractivity contribution in [1.29, 1.82) is 0 Å². The lowest BCUT2D eigenvalue weighted by molar-refractivity contribution is 0.0762. The highest BCUT2D eigenvalue weighted by molar-refractivity contribution is 6.30. The van der Waals surface area contributed by atoms with E-state index in [1.165, 1.54) is 6.42 Å². The van der Waals surface area contributed by atoms with Crippen LogP contribution >= 0.6 is 11.6 Å². The molecule has 2 atom stereocenters. The number of rotatable bonds is 3. The number of nitrogens with two attached hydrogens (primary N) is 1. The van der Waals surface area contributed by atoms with Crippen molar-refractivity contribution in [1.82, 2.24) is 15.1 Å². The van der Waals surface area contributed by atoms with E-state index in [0.29, 0.717) is 49.2 Å². The number of urea groups is 1. The molecule has 1 aliphatic carbocycles. The molecule has 0 spiro atoms. The largest absolute Gasteiger partial charge is 0.337 e. The maximum atomic E-state index is 12.7. The molecule has 3 N–H and O–H groups in total. The third-order valence-corrected chi connectivity index (χ3v) is 5.93. The van der Waals surface area contributed by atoms with Crippen LogP contribution < -0.4 is 11.1 Å². The van der Waals surface area contributed by atoms with Gasteiger partial charge in [-0.25, -0.2) is 4.79 Å². The van der Waals surface area contributed by atoms with Gasteiger partial charge in [-0.2, -0.15) is 0 Å². The highest BCUT2D eigenvalue weighted by atomic mass is 35.5. The molecule has 1 saturated carbocycles. The minimum atomic E-state index is -0.0267. The number of nitrogens with zero attached hydrogens (tertiary/aromatic N) is 2. The Labute approximate surface area is 166 Å². The molecule has 1 aromatic rings. The molecule has 148 valence electrons.